The van der Waals surface area contributed by atoms with Crippen LogP contribution in [-0.4, -0.2) is 12.3 Å². The molecule has 0 aliphatic carbocycles. The molecule has 2 N–H and O–H groups in total. The second-order valence-electron chi connectivity index (χ2n) is 6.11. The summed E-state index contributed by atoms with van der Waals surface area (Å²) in [5.41, 5.74) is 11.7. The van der Waals surface area contributed by atoms with E-state index in [4.69, 9.17) is 22.4 Å². The van der Waals surface area contributed by atoms with Crippen molar-refractivity contribution in [3.63, 3.8) is 0 Å². The SMILES string of the molecule is Cc1ccc(C2CC(CCN)=NN2c2ccc(Cl)cc2C)cc1. The fourth-order valence-corrected chi connectivity index (χ4v) is 3.26. The van der Waals surface area contributed by atoms with Crippen LogP contribution in [0, 0.1) is 13.8 Å². The van der Waals surface area contributed by atoms with Crippen LogP contribution < -0.4 is 10.7 Å². The van der Waals surface area contributed by atoms with Gasteiger partial charge in [0.15, 0.2) is 0 Å². The van der Waals surface area contributed by atoms with Crippen LogP contribution in [0.5, 0.6) is 0 Å². The Morgan fingerprint density at radius 3 is 2.57 bits per heavy atom. The first-order valence-corrected chi connectivity index (χ1v) is 8.34. The molecule has 0 saturated heterocycles. The lowest BCUT2D eigenvalue weighted by Gasteiger charge is -2.25. The molecule has 1 aliphatic heterocycles. The van der Waals surface area contributed by atoms with E-state index in [1.165, 1.54) is 11.1 Å². The third kappa shape index (κ3) is 3.41. The second kappa shape index (κ2) is 6.73. The molecule has 1 unspecified atom stereocenters. The lowest BCUT2D eigenvalue weighted by Crippen LogP contribution is -2.19. The molecule has 1 heterocycles. The fraction of sp³-hybridized carbons (Fsp3) is 0.316. The highest BCUT2D eigenvalue weighted by atomic mass is 35.5. The molecule has 3 nitrogen and oxygen atoms in total. The second-order valence-corrected chi connectivity index (χ2v) is 6.55. The Bertz CT molecular complexity index is 722. The van der Waals surface area contributed by atoms with Crippen LogP contribution in [-0.2, 0) is 0 Å². The maximum Gasteiger partial charge on any atom is 0.0828 e. The predicted molar refractivity (Wildman–Crippen MR) is 98.3 cm³/mol. The zero-order chi connectivity index (χ0) is 16.4. The van der Waals surface area contributed by atoms with Crippen molar-refractivity contribution in [2.24, 2.45) is 10.8 Å². The number of nitrogens with two attached hydrogens (primary N) is 1. The van der Waals surface area contributed by atoms with Gasteiger partial charge in [0.1, 0.15) is 0 Å². The molecular weight excluding hydrogens is 306 g/mol. The van der Waals surface area contributed by atoms with Gasteiger partial charge in [-0.3, -0.25) is 5.01 Å². The van der Waals surface area contributed by atoms with E-state index in [2.05, 4.69) is 43.1 Å². The Hall–Kier alpha value is -1.84. The molecule has 120 valence electrons. The first-order valence-electron chi connectivity index (χ1n) is 7.97. The minimum Gasteiger partial charge on any atom is -0.330 e. The van der Waals surface area contributed by atoms with E-state index in [1.54, 1.807) is 0 Å². The van der Waals surface area contributed by atoms with Crippen LogP contribution in [0.25, 0.3) is 0 Å². The van der Waals surface area contributed by atoms with Crippen LogP contribution in [0.2, 0.25) is 5.02 Å². The molecule has 0 fully saturated rings. The Kier molecular flexibility index (Phi) is 4.69. The van der Waals surface area contributed by atoms with Crippen molar-refractivity contribution in [2.75, 3.05) is 11.6 Å². The monoisotopic (exact) mass is 327 g/mol. The smallest absolute Gasteiger partial charge is 0.0828 e. The molecule has 1 aliphatic rings. The normalized spacial score (nSPS) is 17.5. The average molecular weight is 328 g/mol. The van der Waals surface area contributed by atoms with Crippen molar-refractivity contribution >= 4 is 23.0 Å². The van der Waals surface area contributed by atoms with E-state index in [9.17, 15) is 0 Å². The third-order valence-electron chi connectivity index (χ3n) is 4.27. The van der Waals surface area contributed by atoms with Crippen molar-refractivity contribution in [1.82, 2.24) is 0 Å². The molecule has 0 amide bonds. The molecule has 0 aromatic heterocycles. The summed E-state index contributed by atoms with van der Waals surface area (Å²) in [6, 6.07) is 14.9. The topological polar surface area (TPSA) is 41.6 Å². The summed E-state index contributed by atoms with van der Waals surface area (Å²) >= 11 is 6.10. The van der Waals surface area contributed by atoms with Gasteiger partial charge in [0, 0.05) is 17.2 Å². The molecule has 0 saturated carbocycles. The van der Waals surface area contributed by atoms with E-state index in [0.717, 1.165) is 34.8 Å². The molecule has 4 heteroatoms. The highest BCUT2D eigenvalue weighted by Crippen LogP contribution is 2.38. The first kappa shape index (κ1) is 16.0. The summed E-state index contributed by atoms with van der Waals surface area (Å²) in [5.74, 6) is 0. The van der Waals surface area contributed by atoms with Crippen molar-refractivity contribution < 1.29 is 0 Å². The van der Waals surface area contributed by atoms with Crippen molar-refractivity contribution in [2.45, 2.75) is 32.7 Å². The predicted octanol–water partition coefficient (Wildman–Crippen LogP) is 4.61. The molecule has 2 aromatic rings. The van der Waals surface area contributed by atoms with Crippen LogP contribution in [0.4, 0.5) is 5.69 Å². The molecular formula is C19H22ClN3. The van der Waals surface area contributed by atoms with Gasteiger partial charge in [0.05, 0.1) is 11.7 Å². The number of benzene rings is 2. The average Bonchev–Trinajstić information content (AvgIpc) is 2.92. The standard InChI is InChI=1S/C19H22ClN3/c1-13-3-5-15(6-4-13)19-12-17(9-10-21)22-23(19)18-8-7-16(20)11-14(18)2/h3-8,11,19H,9-10,12,21H2,1-2H3. The van der Waals surface area contributed by atoms with E-state index >= 15 is 0 Å². The van der Waals surface area contributed by atoms with Crippen molar-refractivity contribution in [1.29, 1.82) is 0 Å². The third-order valence-corrected chi connectivity index (χ3v) is 4.51. The van der Waals surface area contributed by atoms with Gasteiger partial charge in [-0.05, 0) is 56.1 Å². The quantitative estimate of drug-likeness (QED) is 0.890. The summed E-state index contributed by atoms with van der Waals surface area (Å²) in [6.45, 7) is 4.81. The molecule has 0 spiro atoms. The Morgan fingerprint density at radius 2 is 1.91 bits per heavy atom. The minimum absolute atomic E-state index is 0.219. The van der Waals surface area contributed by atoms with Gasteiger partial charge in [-0.2, -0.15) is 5.10 Å². The molecule has 3 rings (SSSR count). The molecule has 0 bridgehead atoms. The highest BCUT2D eigenvalue weighted by molar-refractivity contribution is 6.30. The number of halogens is 1. The number of hydrazone groups is 1. The van der Waals surface area contributed by atoms with Crippen molar-refractivity contribution in [3.8, 4) is 0 Å². The van der Waals surface area contributed by atoms with E-state index < -0.39 is 0 Å². The minimum atomic E-state index is 0.219. The summed E-state index contributed by atoms with van der Waals surface area (Å²) in [4.78, 5) is 0. The van der Waals surface area contributed by atoms with Crippen LogP contribution >= 0.6 is 11.6 Å². The van der Waals surface area contributed by atoms with Gasteiger partial charge in [-0.25, -0.2) is 0 Å². The highest BCUT2D eigenvalue weighted by Gasteiger charge is 2.29. The number of anilines is 1. The molecule has 1 atom stereocenters. The molecule has 23 heavy (non-hydrogen) atoms. The van der Waals surface area contributed by atoms with Gasteiger partial charge < -0.3 is 5.73 Å². The number of hydrogen-bond acceptors (Lipinski definition) is 3. The lowest BCUT2D eigenvalue weighted by molar-refractivity contribution is 0.705. The Balaban J connectivity index is 1.99. The number of hydrogen-bond donors (Lipinski definition) is 1. The Labute approximate surface area is 142 Å². The largest absolute Gasteiger partial charge is 0.330 e. The summed E-state index contributed by atoms with van der Waals surface area (Å²) in [7, 11) is 0. The lowest BCUT2D eigenvalue weighted by atomic mass is 9.99. The molecule has 2 aromatic carbocycles. The maximum atomic E-state index is 6.10. The fourth-order valence-electron chi connectivity index (χ4n) is 3.04. The Morgan fingerprint density at radius 1 is 1.17 bits per heavy atom. The van der Waals surface area contributed by atoms with Gasteiger partial charge in [-0.1, -0.05) is 41.4 Å². The van der Waals surface area contributed by atoms with E-state index in [-0.39, 0.29) is 6.04 Å². The summed E-state index contributed by atoms with van der Waals surface area (Å²) in [6.07, 6.45) is 1.76. The van der Waals surface area contributed by atoms with Crippen LogP contribution in [0.1, 0.15) is 35.6 Å². The van der Waals surface area contributed by atoms with E-state index in [0.29, 0.717) is 6.54 Å². The van der Waals surface area contributed by atoms with Gasteiger partial charge >= 0.3 is 0 Å². The van der Waals surface area contributed by atoms with Gasteiger partial charge in [0.2, 0.25) is 0 Å². The summed E-state index contributed by atoms with van der Waals surface area (Å²) in [5, 5.41) is 7.73. The van der Waals surface area contributed by atoms with Gasteiger partial charge in [-0.15, -0.1) is 0 Å². The summed E-state index contributed by atoms with van der Waals surface area (Å²) < 4.78 is 0. The maximum absolute atomic E-state index is 6.10. The van der Waals surface area contributed by atoms with Crippen molar-refractivity contribution in [3.05, 3.63) is 64.2 Å². The number of rotatable bonds is 4. The van der Waals surface area contributed by atoms with Crippen LogP contribution in [0.15, 0.2) is 47.6 Å². The van der Waals surface area contributed by atoms with E-state index in [1.807, 2.05) is 18.2 Å². The zero-order valence-electron chi connectivity index (χ0n) is 13.6. The van der Waals surface area contributed by atoms with Gasteiger partial charge in [0.25, 0.3) is 0 Å². The zero-order valence-corrected chi connectivity index (χ0v) is 14.3. The number of nitrogens with zero attached hydrogens (tertiary/aromatic N) is 2. The molecule has 0 radical (unpaired) electrons. The number of aryl methyl sites for hydroxylation is 2. The van der Waals surface area contributed by atoms with Crippen LogP contribution in [0.3, 0.4) is 0 Å². The first-order chi connectivity index (χ1) is 11.1.